The third-order valence-corrected chi connectivity index (χ3v) is 6.01. The normalized spacial score (nSPS) is 13.1. The predicted molar refractivity (Wildman–Crippen MR) is 94.4 cm³/mol. The van der Waals surface area contributed by atoms with E-state index < -0.39 is 22.7 Å². The minimum absolute atomic E-state index is 0.0387. The molecule has 124 valence electrons. The molecule has 1 N–H and O–H groups in total. The minimum Gasteiger partial charge on any atom is -0.241 e. The van der Waals surface area contributed by atoms with Crippen LogP contribution in [0.25, 0.3) is 0 Å². The van der Waals surface area contributed by atoms with Crippen molar-refractivity contribution >= 4 is 49.2 Å². The Morgan fingerprint density at radius 1 is 1.22 bits per heavy atom. The number of aryl methyl sites for hydroxylation is 1. The SMILES string of the molecule is Cc1ccccc1[C@@H](F)CNS(=O)(=O)c1c(Cl)cc(Br)cc1Cl. The maximum absolute atomic E-state index is 14.3. The van der Waals surface area contributed by atoms with E-state index in [0.29, 0.717) is 10.0 Å². The van der Waals surface area contributed by atoms with Crippen LogP contribution >= 0.6 is 39.1 Å². The van der Waals surface area contributed by atoms with E-state index in [2.05, 4.69) is 20.7 Å². The molecule has 0 aromatic heterocycles. The van der Waals surface area contributed by atoms with Gasteiger partial charge < -0.3 is 0 Å². The molecule has 0 unspecified atom stereocenters. The first-order valence-corrected chi connectivity index (χ1v) is 9.59. The summed E-state index contributed by atoms with van der Waals surface area (Å²) in [5.41, 5.74) is 1.18. The van der Waals surface area contributed by atoms with Gasteiger partial charge in [-0.1, -0.05) is 63.4 Å². The molecule has 23 heavy (non-hydrogen) atoms. The van der Waals surface area contributed by atoms with Crippen molar-refractivity contribution in [2.24, 2.45) is 0 Å². The van der Waals surface area contributed by atoms with Crippen LogP contribution in [0.15, 0.2) is 45.8 Å². The molecule has 0 spiro atoms. The van der Waals surface area contributed by atoms with E-state index in [0.717, 1.165) is 5.56 Å². The number of benzene rings is 2. The fraction of sp³-hybridized carbons (Fsp3) is 0.200. The fourth-order valence-corrected chi connectivity index (χ4v) is 5.05. The molecule has 2 aromatic rings. The number of alkyl halides is 1. The van der Waals surface area contributed by atoms with Gasteiger partial charge in [0, 0.05) is 11.0 Å². The third-order valence-electron chi connectivity index (χ3n) is 3.21. The molecule has 0 aliphatic rings. The van der Waals surface area contributed by atoms with Crippen LogP contribution in [0.3, 0.4) is 0 Å². The Hall–Kier alpha value is -0.660. The van der Waals surface area contributed by atoms with Gasteiger partial charge >= 0.3 is 0 Å². The van der Waals surface area contributed by atoms with Gasteiger partial charge in [-0.2, -0.15) is 0 Å². The smallest absolute Gasteiger partial charge is 0.241 e. The highest BCUT2D eigenvalue weighted by Gasteiger charge is 2.24. The Balaban J connectivity index is 2.22. The van der Waals surface area contributed by atoms with E-state index in [-0.39, 0.29) is 14.9 Å². The van der Waals surface area contributed by atoms with E-state index >= 15 is 0 Å². The summed E-state index contributed by atoms with van der Waals surface area (Å²) < 4.78 is 41.8. The summed E-state index contributed by atoms with van der Waals surface area (Å²) in [6.45, 7) is 1.36. The van der Waals surface area contributed by atoms with Crippen LogP contribution in [0.2, 0.25) is 10.0 Å². The molecule has 0 heterocycles. The van der Waals surface area contributed by atoms with Gasteiger partial charge in [0.05, 0.1) is 10.0 Å². The second kappa shape index (κ2) is 7.49. The summed E-state index contributed by atoms with van der Waals surface area (Å²) in [6.07, 6.45) is -1.47. The molecule has 2 aromatic carbocycles. The van der Waals surface area contributed by atoms with Crippen molar-refractivity contribution in [2.45, 2.75) is 18.0 Å². The number of sulfonamides is 1. The van der Waals surface area contributed by atoms with Crippen LogP contribution in [0.4, 0.5) is 4.39 Å². The molecular weight excluding hydrogens is 428 g/mol. The molecule has 0 aliphatic heterocycles. The van der Waals surface area contributed by atoms with Gasteiger partial charge in [-0.3, -0.25) is 0 Å². The van der Waals surface area contributed by atoms with Gasteiger partial charge in [0.1, 0.15) is 11.1 Å². The Morgan fingerprint density at radius 3 is 2.35 bits per heavy atom. The summed E-state index contributed by atoms with van der Waals surface area (Å²) in [4.78, 5) is -0.263. The van der Waals surface area contributed by atoms with Crippen molar-refractivity contribution in [3.63, 3.8) is 0 Å². The van der Waals surface area contributed by atoms with Crippen LogP contribution in [0.1, 0.15) is 17.3 Å². The molecule has 2 rings (SSSR count). The van der Waals surface area contributed by atoms with Gasteiger partial charge in [-0.25, -0.2) is 17.5 Å². The van der Waals surface area contributed by atoms with E-state index in [1.54, 1.807) is 31.2 Å². The van der Waals surface area contributed by atoms with E-state index in [1.807, 2.05) is 0 Å². The Bertz CT molecular complexity index is 807. The van der Waals surface area contributed by atoms with Gasteiger partial charge in [-0.15, -0.1) is 0 Å². The van der Waals surface area contributed by atoms with Gasteiger partial charge in [0.15, 0.2) is 0 Å². The zero-order valence-electron chi connectivity index (χ0n) is 12.0. The number of rotatable bonds is 5. The summed E-state index contributed by atoms with van der Waals surface area (Å²) in [5.74, 6) is 0. The molecule has 1 atom stereocenters. The van der Waals surface area contributed by atoms with E-state index in [9.17, 15) is 12.8 Å². The molecular formula is C15H13BrCl2FNO2S. The van der Waals surface area contributed by atoms with Crippen molar-refractivity contribution in [1.82, 2.24) is 4.72 Å². The van der Waals surface area contributed by atoms with Crippen LogP contribution in [0, 0.1) is 6.92 Å². The second-order valence-electron chi connectivity index (χ2n) is 4.87. The zero-order valence-corrected chi connectivity index (χ0v) is 15.9. The molecule has 3 nitrogen and oxygen atoms in total. The average Bonchev–Trinajstić information content (AvgIpc) is 2.44. The lowest BCUT2D eigenvalue weighted by Crippen LogP contribution is -2.28. The third kappa shape index (κ3) is 4.45. The average molecular weight is 441 g/mol. The van der Waals surface area contributed by atoms with Crippen molar-refractivity contribution < 1.29 is 12.8 Å². The van der Waals surface area contributed by atoms with Crippen molar-refractivity contribution in [2.75, 3.05) is 6.54 Å². The Labute approximate surface area is 153 Å². The molecule has 0 aliphatic carbocycles. The predicted octanol–water partition coefficient (Wildman–Crippen LogP) is 5.05. The number of nitrogens with one attached hydrogen (secondary N) is 1. The van der Waals surface area contributed by atoms with Crippen molar-refractivity contribution in [3.05, 3.63) is 62.0 Å². The summed E-state index contributed by atoms with van der Waals surface area (Å²) >= 11 is 15.1. The van der Waals surface area contributed by atoms with Gasteiger partial charge in [-0.05, 0) is 30.2 Å². The molecule has 0 bridgehead atoms. The first kappa shape index (κ1) is 18.7. The maximum atomic E-state index is 14.3. The maximum Gasteiger partial charge on any atom is 0.243 e. The highest BCUT2D eigenvalue weighted by Crippen LogP contribution is 2.33. The second-order valence-corrected chi connectivity index (χ2v) is 8.31. The van der Waals surface area contributed by atoms with E-state index in [1.165, 1.54) is 12.1 Å². The van der Waals surface area contributed by atoms with Crippen molar-refractivity contribution in [3.8, 4) is 0 Å². The number of halogens is 4. The lowest BCUT2D eigenvalue weighted by Gasteiger charge is -2.14. The highest BCUT2D eigenvalue weighted by atomic mass is 79.9. The van der Waals surface area contributed by atoms with Gasteiger partial charge in [0.2, 0.25) is 10.0 Å². The van der Waals surface area contributed by atoms with E-state index in [4.69, 9.17) is 23.2 Å². The van der Waals surface area contributed by atoms with Crippen molar-refractivity contribution in [1.29, 1.82) is 0 Å². The number of hydrogen-bond donors (Lipinski definition) is 1. The summed E-state index contributed by atoms with van der Waals surface area (Å²) in [6, 6.07) is 9.70. The molecule has 0 fully saturated rings. The molecule has 0 amide bonds. The zero-order chi connectivity index (χ0) is 17.2. The lowest BCUT2D eigenvalue weighted by atomic mass is 10.1. The molecule has 0 saturated heterocycles. The largest absolute Gasteiger partial charge is 0.243 e. The number of hydrogen-bond acceptors (Lipinski definition) is 2. The molecule has 0 radical (unpaired) electrons. The molecule has 0 saturated carbocycles. The topological polar surface area (TPSA) is 46.2 Å². The Morgan fingerprint density at radius 2 is 1.78 bits per heavy atom. The first-order chi connectivity index (χ1) is 10.7. The first-order valence-electron chi connectivity index (χ1n) is 6.56. The summed E-state index contributed by atoms with van der Waals surface area (Å²) in [5, 5.41) is -0.0775. The lowest BCUT2D eigenvalue weighted by molar-refractivity contribution is 0.342. The summed E-state index contributed by atoms with van der Waals surface area (Å²) in [7, 11) is -4.03. The highest BCUT2D eigenvalue weighted by molar-refractivity contribution is 9.10. The Kier molecular flexibility index (Phi) is 6.08. The monoisotopic (exact) mass is 439 g/mol. The van der Waals surface area contributed by atoms with Crippen LogP contribution in [0.5, 0.6) is 0 Å². The quantitative estimate of drug-likeness (QED) is 0.706. The minimum atomic E-state index is -4.03. The van der Waals surface area contributed by atoms with Crippen LogP contribution < -0.4 is 4.72 Å². The molecule has 8 heteroatoms. The van der Waals surface area contributed by atoms with Gasteiger partial charge in [0.25, 0.3) is 0 Å². The standard InChI is InChI=1S/C15H13BrCl2FNO2S/c1-9-4-2-3-5-11(9)14(19)8-20-23(21,22)15-12(17)6-10(16)7-13(15)18/h2-7,14,20H,8H2,1H3/t14-/m0/s1. The van der Waals surface area contributed by atoms with Crippen LogP contribution in [-0.2, 0) is 10.0 Å². The fourth-order valence-electron chi connectivity index (χ4n) is 2.09. The van der Waals surface area contributed by atoms with Crippen LogP contribution in [-0.4, -0.2) is 15.0 Å².